The zero-order valence-electron chi connectivity index (χ0n) is 12.1. The maximum absolute atomic E-state index is 12.2. The Morgan fingerprint density at radius 2 is 2.15 bits per heavy atom. The Kier molecular flexibility index (Phi) is 4.39. The van der Waals surface area contributed by atoms with Crippen molar-refractivity contribution in [2.24, 2.45) is 0 Å². The fourth-order valence-corrected chi connectivity index (χ4v) is 2.41. The van der Waals surface area contributed by atoms with Crippen molar-refractivity contribution in [3.8, 4) is 0 Å². The molecule has 1 fully saturated rings. The largest absolute Gasteiger partial charge is 0.376 e. The van der Waals surface area contributed by atoms with E-state index < -0.39 is 0 Å². The van der Waals surface area contributed by atoms with E-state index in [-0.39, 0.29) is 24.0 Å². The van der Waals surface area contributed by atoms with Gasteiger partial charge in [-0.25, -0.2) is 4.79 Å². The maximum Gasteiger partial charge on any atom is 0.321 e. The second-order valence-electron chi connectivity index (χ2n) is 5.11. The minimum atomic E-state index is -0.187. The van der Waals surface area contributed by atoms with Crippen LogP contribution >= 0.6 is 0 Å². The second kappa shape index (κ2) is 6.05. The van der Waals surface area contributed by atoms with Gasteiger partial charge in [-0.15, -0.1) is 0 Å². The monoisotopic (exact) mass is 276 g/mol. The number of Topliss-reactive ketones (excluding diaryl/α,β-unsaturated/α-hetero) is 1. The van der Waals surface area contributed by atoms with E-state index in [4.69, 9.17) is 4.74 Å². The van der Waals surface area contributed by atoms with Crippen molar-refractivity contribution >= 4 is 17.5 Å². The normalized spacial score (nSPS) is 21.6. The predicted octanol–water partition coefficient (Wildman–Crippen LogP) is 2.53. The van der Waals surface area contributed by atoms with Crippen molar-refractivity contribution in [2.75, 3.05) is 19.0 Å². The Bertz CT molecular complexity index is 516. The molecule has 0 aromatic heterocycles. The Morgan fingerprint density at radius 3 is 2.75 bits per heavy atom. The highest BCUT2D eigenvalue weighted by Crippen LogP contribution is 2.19. The molecule has 2 amide bonds. The van der Waals surface area contributed by atoms with Gasteiger partial charge in [-0.1, -0.05) is 12.1 Å². The molecule has 1 aliphatic rings. The van der Waals surface area contributed by atoms with Gasteiger partial charge in [0, 0.05) is 24.9 Å². The van der Waals surface area contributed by atoms with Crippen molar-refractivity contribution in [3.63, 3.8) is 0 Å². The number of hydrogen-bond acceptors (Lipinski definition) is 3. The standard InChI is InChI=1S/C15H20N2O3/c1-10(18)12-5-4-6-13(9-12)16-15(19)17(3)14-7-8-20-11(14)2/h4-6,9,11,14H,7-8H2,1-3H3,(H,16,19). The molecule has 0 spiro atoms. The molecule has 2 rings (SSSR count). The summed E-state index contributed by atoms with van der Waals surface area (Å²) in [4.78, 5) is 25.2. The van der Waals surface area contributed by atoms with Gasteiger partial charge in [0.1, 0.15) is 0 Å². The smallest absolute Gasteiger partial charge is 0.321 e. The van der Waals surface area contributed by atoms with Crippen molar-refractivity contribution in [1.82, 2.24) is 4.90 Å². The molecule has 2 unspecified atom stereocenters. The lowest BCUT2D eigenvalue weighted by molar-refractivity contribution is 0.0929. The van der Waals surface area contributed by atoms with Crippen LogP contribution in [0.4, 0.5) is 10.5 Å². The fourth-order valence-electron chi connectivity index (χ4n) is 2.41. The van der Waals surface area contributed by atoms with Gasteiger partial charge in [-0.2, -0.15) is 0 Å². The molecule has 5 heteroatoms. The lowest BCUT2D eigenvalue weighted by Crippen LogP contribution is -2.43. The maximum atomic E-state index is 12.2. The minimum Gasteiger partial charge on any atom is -0.376 e. The first kappa shape index (κ1) is 14.5. The van der Waals surface area contributed by atoms with Crippen LogP contribution in [-0.2, 0) is 4.74 Å². The molecule has 20 heavy (non-hydrogen) atoms. The second-order valence-corrected chi connectivity index (χ2v) is 5.11. The summed E-state index contributed by atoms with van der Waals surface area (Å²) in [5, 5.41) is 2.81. The van der Waals surface area contributed by atoms with Crippen LogP contribution in [0.1, 0.15) is 30.6 Å². The van der Waals surface area contributed by atoms with Gasteiger partial charge in [-0.05, 0) is 32.4 Å². The van der Waals surface area contributed by atoms with Gasteiger partial charge in [0.15, 0.2) is 5.78 Å². The highest BCUT2D eigenvalue weighted by atomic mass is 16.5. The highest BCUT2D eigenvalue weighted by molar-refractivity contribution is 5.96. The van der Waals surface area contributed by atoms with E-state index >= 15 is 0 Å². The molecule has 1 saturated heterocycles. The first-order valence-electron chi connectivity index (χ1n) is 6.75. The number of likely N-dealkylation sites (N-methyl/N-ethyl adjacent to an activating group) is 1. The molecule has 5 nitrogen and oxygen atoms in total. The van der Waals surface area contributed by atoms with Crippen LogP contribution in [0.25, 0.3) is 0 Å². The SMILES string of the molecule is CC(=O)c1cccc(NC(=O)N(C)C2CCOC2C)c1. The van der Waals surface area contributed by atoms with Gasteiger partial charge in [-0.3, -0.25) is 4.79 Å². The van der Waals surface area contributed by atoms with E-state index in [1.807, 2.05) is 6.92 Å². The van der Waals surface area contributed by atoms with Gasteiger partial charge >= 0.3 is 6.03 Å². The first-order chi connectivity index (χ1) is 9.49. The van der Waals surface area contributed by atoms with Crippen LogP contribution in [0, 0.1) is 0 Å². The average Bonchev–Trinajstić information content (AvgIpc) is 2.84. The number of ketones is 1. The highest BCUT2D eigenvalue weighted by Gasteiger charge is 2.30. The quantitative estimate of drug-likeness (QED) is 0.863. The van der Waals surface area contributed by atoms with Crippen LogP contribution in [0.15, 0.2) is 24.3 Å². The molecule has 2 atom stereocenters. The zero-order chi connectivity index (χ0) is 14.7. The van der Waals surface area contributed by atoms with Crippen molar-refractivity contribution in [2.45, 2.75) is 32.4 Å². The molecule has 1 heterocycles. The van der Waals surface area contributed by atoms with Gasteiger partial charge < -0.3 is 15.0 Å². The molecule has 1 N–H and O–H groups in total. The molecule has 1 aromatic carbocycles. The Labute approximate surface area is 118 Å². The van der Waals surface area contributed by atoms with E-state index in [1.165, 1.54) is 6.92 Å². The van der Waals surface area contributed by atoms with E-state index in [2.05, 4.69) is 5.32 Å². The molecule has 108 valence electrons. The van der Waals surface area contributed by atoms with E-state index in [1.54, 1.807) is 36.2 Å². The summed E-state index contributed by atoms with van der Waals surface area (Å²) in [6.07, 6.45) is 0.896. The van der Waals surface area contributed by atoms with Gasteiger partial charge in [0.25, 0.3) is 0 Å². The molecule has 1 aromatic rings. The molecule has 0 radical (unpaired) electrons. The van der Waals surface area contributed by atoms with E-state index in [0.717, 1.165) is 6.42 Å². The lowest BCUT2D eigenvalue weighted by Gasteiger charge is -2.26. The summed E-state index contributed by atoms with van der Waals surface area (Å²) in [5.41, 5.74) is 1.21. The number of anilines is 1. The summed E-state index contributed by atoms with van der Waals surface area (Å²) >= 11 is 0. The van der Waals surface area contributed by atoms with Crippen LogP contribution in [-0.4, -0.2) is 42.5 Å². The zero-order valence-corrected chi connectivity index (χ0v) is 12.1. The summed E-state index contributed by atoms with van der Waals surface area (Å²) < 4.78 is 5.47. The Hall–Kier alpha value is -1.88. The summed E-state index contributed by atoms with van der Waals surface area (Å²) in [6, 6.07) is 6.84. The number of ether oxygens (including phenoxy) is 1. The third-order valence-electron chi connectivity index (χ3n) is 3.67. The number of carbonyl (C=O) groups excluding carboxylic acids is 2. The van der Waals surface area contributed by atoms with Crippen LogP contribution in [0.5, 0.6) is 0 Å². The average molecular weight is 276 g/mol. The first-order valence-corrected chi connectivity index (χ1v) is 6.75. The molecule has 0 aliphatic carbocycles. The number of carbonyl (C=O) groups is 2. The van der Waals surface area contributed by atoms with Crippen LogP contribution < -0.4 is 5.32 Å². The number of rotatable bonds is 3. The van der Waals surface area contributed by atoms with Crippen molar-refractivity contribution in [3.05, 3.63) is 29.8 Å². The van der Waals surface area contributed by atoms with E-state index in [9.17, 15) is 9.59 Å². The number of urea groups is 1. The predicted molar refractivity (Wildman–Crippen MR) is 77.0 cm³/mol. The minimum absolute atomic E-state index is 0.0210. The van der Waals surface area contributed by atoms with Crippen molar-refractivity contribution < 1.29 is 14.3 Å². The molecule has 1 aliphatic heterocycles. The summed E-state index contributed by atoms with van der Waals surface area (Å²) in [6.45, 7) is 4.16. The number of benzene rings is 1. The third kappa shape index (κ3) is 3.17. The third-order valence-corrected chi connectivity index (χ3v) is 3.67. The topological polar surface area (TPSA) is 58.6 Å². The number of amides is 2. The summed E-state index contributed by atoms with van der Waals surface area (Å²) in [7, 11) is 1.76. The van der Waals surface area contributed by atoms with E-state index in [0.29, 0.717) is 17.9 Å². The van der Waals surface area contributed by atoms with Gasteiger partial charge in [0.2, 0.25) is 0 Å². The van der Waals surface area contributed by atoms with Gasteiger partial charge in [0.05, 0.1) is 12.1 Å². The van der Waals surface area contributed by atoms with Crippen LogP contribution in [0.3, 0.4) is 0 Å². The molecule has 0 saturated carbocycles. The Balaban J connectivity index is 2.04. The number of hydrogen-bond donors (Lipinski definition) is 1. The lowest BCUT2D eigenvalue weighted by atomic mass is 10.1. The fraction of sp³-hybridized carbons (Fsp3) is 0.467. The van der Waals surface area contributed by atoms with Crippen LogP contribution in [0.2, 0.25) is 0 Å². The Morgan fingerprint density at radius 1 is 1.40 bits per heavy atom. The summed E-state index contributed by atoms with van der Waals surface area (Å²) in [5.74, 6) is -0.0210. The van der Waals surface area contributed by atoms with Crippen molar-refractivity contribution in [1.29, 1.82) is 0 Å². The molecule has 0 bridgehead atoms. The molecular formula is C15H20N2O3. The number of nitrogens with zero attached hydrogens (tertiary/aromatic N) is 1. The number of nitrogens with one attached hydrogen (secondary N) is 1. The molecular weight excluding hydrogens is 256 g/mol.